The summed E-state index contributed by atoms with van der Waals surface area (Å²) in [5.41, 5.74) is 0. The summed E-state index contributed by atoms with van der Waals surface area (Å²) in [7, 11) is 0. The smallest absolute Gasteiger partial charge is 0.222 e. The first kappa shape index (κ1) is 16.0. The van der Waals surface area contributed by atoms with E-state index in [1.54, 1.807) is 11.3 Å². The van der Waals surface area contributed by atoms with Gasteiger partial charge in [-0.2, -0.15) is 0 Å². The van der Waals surface area contributed by atoms with E-state index in [4.69, 9.17) is 4.74 Å². The average molecular weight is 360 g/mol. The van der Waals surface area contributed by atoms with Crippen LogP contribution < -0.4 is 0 Å². The van der Waals surface area contributed by atoms with Crippen molar-refractivity contribution in [2.24, 2.45) is 0 Å². The highest BCUT2D eigenvalue weighted by Gasteiger charge is 2.22. The number of carbonyl (C=O) groups is 1. The predicted octanol–water partition coefficient (Wildman–Crippen LogP) is 3.82. The molecule has 0 bridgehead atoms. The van der Waals surface area contributed by atoms with E-state index in [0.29, 0.717) is 6.42 Å². The van der Waals surface area contributed by atoms with Crippen LogP contribution in [-0.2, 0) is 16.1 Å². The highest BCUT2D eigenvalue weighted by Crippen LogP contribution is 2.18. The van der Waals surface area contributed by atoms with Crippen molar-refractivity contribution in [1.29, 1.82) is 0 Å². The molecule has 1 unspecified atom stereocenters. The molecule has 1 aromatic rings. The molecule has 0 aromatic carbocycles. The fourth-order valence-corrected chi connectivity index (χ4v) is 3.52. The number of ether oxygens (including phenoxy) is 1. The third kappa shape index (κ3) is 5.19. The molecular weight excluding hydrogens is 338 g/mol. The average Bonchev–Trinajstić information content (AvgIpc) is 3.11. The fraction of sp³-hybridized carbons (Fsp3) is 0.667. The molecule has 5 heteroatoms. The number of hydrogen-bond acceptors (Lipinski definition) is 3. The predicted molar refractivity (Wildman–Crippen MR) is 86.4 cm³/mol. The highest BCUT2D eigenvalue weighted by atomic mass is 79.9. The first-order valence-corrected chi connectivity index (χ1v) is 9.27. The van der Waals surface area contributed by atoms with Gasteiger partial charge in [0.2, 0.25) is 5.91 Å². The molecule has 1 saturated heterocycles. The summed E-state index contributed by atoms with van der Waals surface area (Å²) < 4.78 is 5.68. The Hall–Kier alpha value is -0.390. The minimum atomic E-state index is 0.232. The van der Waals surface area contributed by atoms with Crippen LogP contribution in [0, 0.1) is 0 Å². The Morgan fingerprint density at radius 2 is 2.40 bits per heavy atom. The van der Waals surface area contributed by atoms with Gasteiger partial charge in [0.1, 0.15) is 0 Å². The van der Waals surface area contributed by atoms with Crippen molar-refractivity contribution in [2.45, 2.75) is 44.8 Å². The number of hydrogen-bond donors (Lipinski definition) is 0. The zero-order valence-corrected chi connectivity index (χ0v) is 14.1. The molecule has 0 aliphatic carbocycles. The topological polar surface area (TPSA) is 29.5 Å². The molecule has 2 heterocycles. The summed E-state index contributed by atoms with van der Waals surface area (Å²) in [6.45, 7) is 2.31. The maximum absolute atomic E-state index is 12.4. The lowest BCUT2D eigenvalue weighted by atomic mass is 10.2. The Labute approximate surface area is 133 Å². The molecule has 0 saturated carbocycles. The first-order valence-electron chi connectivity index (χ1n) is 7.27. The third-order valence-corrected chi connectivity index (χ3v) is 4.92. The number of nitrogens with zero attached hydrogens (tertiary/aromatic N) is 1. The van der Waals surface area contributed by atoms with E-state index < -0.39 is 0 Å². The largest absolute Gasteiger partial charge is 0.376 e. The van der Waals surface area contributed by atoms with Crippen LogP contribution in [-0.4, -0.2) is 35.4 Å². The number of thiophene rings is 1. The Morgan fingerprint density at radius 1 is 1.50 bits per heavy atom. The van der Waals surface area contributed by atoms with Crippen molar-refractivity contribution in [3.63, 3.8) is 0 Å². The number of unbranched alkanes of at least 4 members (excludes halogenated alkanes) is 1. The first-order chi connectivity index (χ1) is 9.79. The Kier molecular flexibility index (Phi) is 7.03. The Morgan fingerprint density at radius 3 is 3.05 bits per heavy atom. The molecule has 1 amide bonds. The van der Waals surface area contributed by atoms with Crippen molar-refractivity contribution >= 4 is 33.2 Å². The van der Waals surface area contributed by atoms with Crippen LogP contribution in [0.15, 0.2) is 17.5 Å². The summed E-state index contributed by atoms with van der Waals surface area (Å²) in [5, 5.41) is 3.03. The van der Waals surface area contributed by atoms with Crippen LogP contribution in [0.5, 0.6) is 0 Å². The van der Waals surface area contributed by atoms with Crippen molar-refractivity contribution in [3.05, 3.63) is 22.4 Å². The molecular formula is C15H22BrNO2S. The second kappa shape index (κ2) is 8.80. The number of carbonyl (C=O) groups excluding carboxylic acids is 1. The summed E-state index contributed by atoms with van der Waals surface area (Å²) in [6, 6.07) is 4.14. The van der Waals surface area contributed by atoms with Crippen molar-refractivity contribution in [1.82, 2.24) is 4.90 Å². The van der Waals surface area contributed by atoms with Crippen LogP contribution in [0.25, 0.3) is 0 Å². The van der Waals surface area contributed by atoms with Gasteiger partial charge in [-0.1, -0.05) is 22.0 Å². The Bertz CT molecular complexity index is 391. The van der Waals surface area contributed by atoms with E-state index in [2.05, 4.69) is 27.4 Å². The van der Waals surface area contributed by atoms with E-state index in [0.717, 1.165) is 50.7 Å². The summed E-state index contributed by atoms with van der Waals surface area (Å²) >= 11 is 5.13. The molecule has 1 atom stereocenters. The van der Waals surface area contributed by atoms with Crippen molar-refractivity contribution in [2.75, 3.05) is 18.5 Å². The standard InChI is InChI=1S/C15H22BrNO2S/c16-8-2-1-7-15(18)17(11-13-5-3-9-19-13)12-14-6-4-10-20-14/h4,6,10,13H,1-3,5,7-9,11-12H2. The molecule has 2 rings (SSSR count). The van der Waals surface area contributed by atoms with Crippen LogP contribution in [0.1, 0.15) is 37.0 Å². The lowest BCUT2D eigenvalue weighted by Crippen LogP contribution is -2.36. The van der Waals surface area contributed by atoms with E-state index in [9.17, 15) is 4.79 Å². The minimum Gasteiger partial charge on any atom is -0.376 e. The van der Waals surface area contributed by atoms with Crippen LogP contribution in [0.2, 0.25) is 0 Å². The number of halogens is 1. The van der Waals surface area contributed by atoms with Crippen LogP contribution in [0.4, 0.5) is 0 Å². The molecule has 0 N–H and O–H groups in total. The molecule has 0 spiro atoms. The van der Waals surface area contributed by atoms with E-state index in [-0.39, 0.29) is 12.0 Å². The van der Waals surface area contributed by atoms with Gasteiger partial charge in [-0.05, 0) is 37.1 Å². The van der Waals surface area contributed by atoms with Crippen molar-refractivity contribution in [3.8, 4) is 0 Å². The molecule has 1 aliphatic rings. The summed E-state index contributed by atoms with van der Waals surface area (Å²) in [5.74, 6) is 0.259. The lowest BCUT2D eigenvalue weighted by Gasteiger charge is -2.25. The van der Waals surface area contributed by atoms with Gasteiger partial charge in [0.25, 0.3) is 0 Å². The molecule has 1 aliphatic heterocycles. The maximum atomic E-state index is 12.4. The molecule has 0 radical (unpaired) electrons. The van der Waals surface area contributed by atoms with Crippen LogP contribution in [0.3, 0.4) is 0 Å². The third-order valence-electron chi connectivity index (χ3n) is 3.50. The summed E-state index contributed by atoms with van der Waals surface area (Å²) in [6.07, 6.45) is 5.08. The van der Waals surface area contributed by atoms with E-state index >= 15 is 0 Å². The number of amides is 1. The second-order valence-electron chi connectivity index (χ2n) is 5.13. The molecule has 1 fully saturated rings. The quantitative estimate of drug-likeness (QED) is 0.521. The Balaban J connectivity index is 1.89. The van der Waals surface area contributed by atoms with E-state index in [1.165, 1.54) is 4.88 Å². The maximum Gasteiger partial charge on any atom is 0.222 e. The number of rotatable bonds is 8. The zero-order chi connectivity index (χ0) is 14.2. The molecule has 1 aromatic heterocycles. The summed E-state index contributed by atoms with van der Waals surface area (Å²) in [4.78, 5) is 15.6. The van der Waals surface area contributed by atoms with Crippen LogP contribution >= 0.6 is 27.3 Å². The van der Waals surface area contributed by atoms with Gasteiger partial charge in [0, 0.05) is 29.8 Å². The van der Waals surface area contributed by atoms with Gasteiger partial charge in [-0.3, -0.25) is 4.79 Å². The van der Waals surface area contributed by atoms with Gasteiger partial charge in [0.15, 0.2) is 0 Å². The molecule has 3 nitrogen and oxygen atoms in total. The zero-order valence-electron chi connectivity index (χ0n) is 11.7. The number of alkyl halides is 1. The van der Waals surface area contributed by atoms with Gasteiger partial charge in [-0.25, -0.2) is 0 Å². The SMILES string of the molecule is O=C(CCCCBr)N(Cc1cccs1)CC1CCCO1. The van der Waals surface area contributed by atoms with Gasteiger partial charge >= 0.3 is 0 Å². The van der Waals surface area contributed by atoms with Gasteiger partial charge in [0.05, 0.1) is 12.6 Å². The normalized spacial score (nSPS) is 18.4. The van der Waals surface area contributed by atoms with Gasteiger partial charge < -0.3 is 9.64 Å². The minimum absolute atomic E-state index is 0.232. The highest BCUT2D eigenvalue weighted by molar-refractivity contribution is 9.09. The lowest BCUT2D eigenvalue weighted by molar-refractivity contribution is -0.133. The molecule has 112 valence electrons. The second-order valence-corrected chi connectivity index (χ2v) is 6.96. The van der Waals surface area contributed by atoms with E-state index in [1.807, 2.05) is 11.0 Å². The molecule has 20 heavy (non-hydrogen) atoms. The van der Waals surface area contributed by atoms with Gasteiger partial charge in [-0.15, -0.1) is 11.3 Å². The fourth-order valence-electron chi connectivity index (χ4n) is 2.41. The monoisotopic (exact) mass is 359 g/mol. The van der Waals surface area contributed by atoms with Crippen molar-refractivity contribution < 1.29 is 9.53 Å².